The minimum Gasteiger partial charge on any atom is -0.404 e. The van der Waals surface area contributed by atoms with E-state index in [1.165, 1.54) is 30.6 Å². The van der Waals surface area contributed by atoms with Gasteiger partial charge in [0.05, 0.1) is 5.69 Å². The highest BCUT2D eigenvalue weighted by Crippen LogP contribution is 2.31. The molecule has 0 bridgehead atoms. The molecule has 1 saturated heterocycles. The van der Waals surface area contributed by atoms with Crippen LogP contribution in [0.2, 0.25) is 0 Å². The molecular formula is C21H21F3N6O2. The normalized spacial score (nSPS) is 14.9. The van der Waals surface area contributed by atoms with Crippen LogP contribution >= 0.6 is 0 Å². The summed E-state index contributed by atoms with van der Waals surface area (Å²) in [6, 6.07) is 7.36. The highest BCUT2D eigenvalue weighted by molar-refractivity contribution is 5.94. The average molecular weight is 446 g/mol. The summed E-state index contributed by atoms with van der Waals surface area (Å²) >= 11 is 0. The number of carbonyl (C=O) groups excluding carboxylic acids is 1. The molecule has 1 fully saturated rings. The summed E-state index contributed by atoms with van der Waals surface area (Å²) in [6.07, 6.45) is 1.24. The average Bonchev–Trinajstić information content (AvgIpc) is 3.20. The number of anilines is 2. The van der Waals surface area contributed by atoms with Crippen LogP contribution in [0.5, 0.6) is 5.75 Å². The topological polar surface area (TPSA) is 85.2 Å². The monoisotopic (exact) mass is 446 g/mol. The molecule has 1 N–H and O–H groups in total. The second-order valence-corrected chi connectivity index (χ2v) is 7.37. The largest absolute Gasteiger partial charge is 0.573 e. The molecule has 0 unspecified atom stereocenters. The first-order valence-corrected chi connectivity index (χ1v) is 10.0. The van der Waals surface area contributed by atoms with Crippen LogP contribution in [-0.2, 0) is 4.79 Å². The Bertz CT molecular complexity index is 1090. The number of imidazole rings is 1. The van der Waals surface area contributed by atoms with E-state index in [9.17, 15) is 18.0 Å². The molecule has 3 aromatic rings. The first kappa shape index (κ1) is 21.6. The summed E-state index contributed by atoms with van der Waals surface area (Å²) in [5.41, 5.74) is -0.00611. The third-order valence-corrected chi connectivity index (χ3v) is 5.27. The summed E-state index contributed by atoms with van der Waals surface area (Å²) in [5, 5.41) is 2.57. The molecule has 0 radical (unpaired) electrons. The number of nitrogens with one attached hydrogen (secondary N) is 1. The van der Waals surface area contributed by atoms with Gasteiger partial charge >= 0.3 is 6.36 Å². The number of carbonyl (C=O) groups is 1. The zero-order valence-corrected chi connectivity index (χ0v) is 17.2. The van der Waals surface area contributed by atoms with Crippen molar-refractivity contribution in [1.29, 1.82) is 0 Å². The number of hydrogen-bond acceptors (Lipinski definition) is 6. The molecule has 168 valence electrons. The zero-order chi connectivity index (χ0) is 22.7. The van der Waals surface area contributed by atoms with Gasteiger partial charge in [-0.3, -0.25) is 9.36 Å². The van der Waals surface area contributed by atoms with E-state index in [1.54, 1.807) is 6.20 Å². The Kier molecular flexibility index (Phi) is 5.97. The third kappa shape index (κ3) is 4.98. The Morgan fingerprint density at radius 1 is 1.12 bits per heavy atom. The quantitative estimate of drug-likeness (QED) is 0.643. The lowest BCUT2D eigenvalue weighted by Crippen LogP contribution is -2.38. The Morgan fingerprint density at radius 3 is 2.53 bits per heavy atom. The molecule has 32 heavy (non-hydrogen) atoms. The number of ether oxygens (including phenoxy) is 1. The summed E-state index contributed by atoms with van der Waals surface area (Å²) in [5.74, 6) is 1.15. The summed E-state index contributed by atoms with van der Waals surface area (Å²) in [6.45, 7) is 3.04. The standard InChI is InChI=1S/C21H21F3N6O2/c1-14-25-8-11-30(14)19-12-18(26-13-27-19)29-9-6-15(7-10-29)20(31)28-16-4-2-3-5-17(16)32-21(22,23)24/h2-5,8,11-13,15H,6-7,9-10H2,1H3,(H,28,31). The van der Waals surface area contributed by atoms with Crippen LogP contribution in [0.4, 0.5) is 24.7 Å². The molecule has 1 amide bonds. The molecule has 1 aliphatic heterocycles. The summed E-state index contributed by atoms with van der Waals surface area (Å²) < 4.78 is 43.7. The van der Waals surface area contributed by atoms with Crippen molar-refractivity contribution in [3.8, 4) is 11.6 Å². The Morgan fingerprint density at radius 2 is 1.84 bits per heavy atom. The van der Waals surface area contributed by atoms with Crippen molar-refractivity contribution in [3.63, 3.8) is 0 Å². The van der Waals surface area contributed by atoms with Gasteiger partial charge in [-0.15, -0.1) is 13.2 Å². The van der Waals surface area contributed by atoms with Gasteiger partial charge in [-0.25, -0.2) is 15.0 Å². The Balaban J connectivity index is 1.39. The lowest BCUT2D eigenvalue weighted by atomic mass is 9.95. The number of benzene rings is 1. The molecule has 0 saturated carbocycles. The van der Waals surface area contributed by atoms with Crippen LogP contribution in [0.25, 0.3) is 5.82 Å². The fourth-order valence-electron chi connectivity index (χ4n) is 3.65. The number of piperidine rings is 1. The van der Waals surface area contributed by atoms with E-state index in [0.717, 1.165) is 11.6 Å². The van der Waals surface area contributed by atoms with Crippen LogP contribution in [0.1, 0.15) is 18.7 Å². The van der Waals surface area contributed by atoms with E-state index in [1.807, 2.05) is 23.8 Å². The maximum Gasteiger partial charge on any atom is 0.573 e. The zero-order valence-electron chi connectivity index (χ0n) is 17.2. The number of amides is 1. The van der Waals surface area contributed by atoms with Crippen molar-refractivity contribution < 1.29 is 22.7 Å². The van der Waals surface area contributed by atoms with Crippen molar-refractivity contribution in [1.82, 2.24) is 19.5 Å². The molecule has 0 aliphatic carbocycles. The number of halogens is 3. The fraction of sp³-hybridized carbons (Fsp3) is 0.333. The van der Waals surface area contributed by atoms with Gasteiger partial charge in [0.2, 0.25) is 5.91 Å². The number of hydrogen-bond donors (Lipinski definition) is 1. The molecule has 2 aromatic heterocycles. The number of aryl methyl sites for hydroxylation is 1. The molecular weight excluding hydrogens is 425 g/mol. The first-order chi connectivity index (χ1) is 15.3. The third-order valence-electron chi connectivity index (χ3n) is 5.27. The van der Waals surface area contributed by atoms with Crippen LogP contribution in [0.3, 0.4) is 0 Å². The maximum atomic E-state index is 12.7. The van der Waals surface area contributed by atoms with Gasteiger partial charge in [0.1, 0.15) is 23.8 Å². The number of nitrogens with zero attached hydrogens (tertiary/aromatic N) is 5. The molecule has 8 nitrogen and oxygen atoms in total. The van der Waals surface area contributed by atoms with Gasteiger partial charge in [0.15, 0.2) is 5.75 Å². The van der Waals surface area contributed by atoms with E-state index < -0.39 is 12.1 Å². The van der Waals surface area contributed by atoms with Gasteiger partial charge in [-0.1, -0.05) is 12.1 Å². The van der Waals surface area contributed by atoms with Gasteiger partial charge in [-0.05, 0) is 31.9 Å². The number of rotatable bonds is 5. The lowest BCUT2D eigenvalue weighted by molar-refractivity contribution is -0.274. The van der Waals surface area contributed by atoms with E-state index >= 15 is 0 Å². The van der Waals surface area contributed by atoms with Crippen molar-refractivity contribution in [2.24, 2.45) is 5.92 Å². The van der Waals surface area contributed by atoms with Crippen molar-refractivity contribution in [3.05, 3.63) is 54.9 Å². The smallest absolute Gasteiger partial charge is 0.404 e. The van der Waals surface area contributed by atoms with Gasteiger partial charge < -0.3 is 15.0 Å². The van der Waals surface area contributed by atoms with Gasteiger partial charge in [-0.2, -0.15) is 0 Å². The first-order valence-electron chi connectivity index (χ1n) is 10.0. The van der Waals surface area contributed by atoms with E-state index in [4.69, 9.17) is 0 Å². The highest BCUT2D eigenvalue weighted by Gasteiger charge is 2.33. The van der Waals surface area contributed by atoms with Gasteiger partial charge in [0.25, 0.3) is 0 Å². The number of alkyl halides is 3. The fourth-order valence-corrected chi connectivity index (χ4v) is 3.65. The molecule has 1 aliphatic rings. The number of para-hydroxylation sites is 2. The van der Waals surface area contributed by atoms with Crippen LogP contribution in [0, 0.1) is 12.8 Å². The Hall–Kier alpha value is -3.63. The predicted octanol–water partition coefficient (Wildman–Crippen LogP) is 3.72. The second kappa shape index (κ2) is 8.85. The molecule has 1 aromatic carbocycles. The summed E-state index contributed by atoms with van der Waals surface area (Å²) in [7, 11) is 0. The van der Waals surface area contributed by atoms with Crippen LogP contribution < -0.4 is 15.0 Å². The van der Waals surface area contributed by atoms with Crippen LogP contribution in [-0.4, -0.2) is 44.9 Å². The Labute approximate surface area is 182 Å². The predicted molar refractivity (Wildman–Crippen MR) is 111 cm³/mol. The molecule has 4 rings (SSSR count). The van der Waals surface area contributed by atoms with Gasteiger partial charge in [0, 0.05) is 37.5 Å². The maximum absolute atomic E-state index is 12.7. The van der Waals surface area contributed by atoms with Crippen molar-refractivity contribution in [2.45, 2.75) is 26.1 Å². The minimum atomic E-state index is -4.84. The van der Waals surface area contributed by atoms with Crippen molar-refractivity contribution >= 4 is 17.4 Å². The molecule has 11 heteroatoms. The minimum absolute atomic E-state index is 0.00611. The van der Waals surface area contributed by atoms with Crippen molar-refractivity contribution in [2.75, 3.05) is 23.3 Å². The van der Waals surface area contributed by atoms with E-state index in [2.05, 4.69) is 29.9 Å². The lowest BCUT2D eigenvalue weighted by Gasteiger charge is -2.32. The SMILES string of the molecule is Cc1nccn1-c1cc(N2CCC(C(=O)Nc3ccccc3OC(F)(F)F)CC2)ncn1. The van der Waals surface area contributed by atoms with E-state index in [-0.39, 0.29) is 17.5 Å². The second-order valence-electron chi connectivity index (χ2n) is 7.37. The molecule has 0 spiro atoms. The molecule has 0 atom stereocenters. The highest BCUT2D eigenvalue weighted by atomic mass is 19.4. The van der Waals surface area contributed by atoms with E-state index in [0.29, 0.717) is 31.7 Å². The summed E-state index contributed by atoms with van der Waals surface area (Å²) in [4.78, 5) is 27.6. The number of aromatic nitrogens is 4. The molecule has 3 heterocycles. The van der Waals surface area contributed by atoms with Crippen LogP contribution in [0.15, 0.2) is 49.1 Å².